The molecule has 7 nitrogen and oxygen atoms in total. The lowest BCUT2D eigenvalue weighted by atomic mass is 10.1. The van der Waals surface area contributed by atoms with E-state index in [0.29, 0.717) is 4.60 Å². The molecule has 1 heterocycles. The van der Waals surface area contributed by atoms with E-state index in [4.69, 9.17) is 0 Å². The Morgan fingerprint density at radius 1 is 1.38 bits per heavy atom. The molecule has 0 spiro atoms. The molecule has 0 bridgehead atoms. The molecule has 0 aliphatic heterocycles. The van der Waals surface area contributed by atoms with E-state index in [2.05, 4.69) is 31.2 Å². The van der Waals surface area contributed by atoms with Crippen molar-refractivity contribution in [2.24, 2.45) is 0 Å². The van der Waals surface area contributed by atoms with Crippen LogP contribution in [0.1, 0.15) is 15.9 Å². The minimum absolute atomic E-state index is 0.0104. The summed E-state index contributed by atoms with van der Waals surface area (Å²) in [6, 6.07) is 1.94. The number of nitrogens with zero attached hydrogens (tertiary/aromatic N) is 3. The monoisotopic (exact) mass is 354 g/mol. The number of non-ortho nitro benzene ring substituents is 1. The maximum absolute atomic E-state index is 13.9. The fraction of sp³-hybridized carbons (Fsp3) is 0.0833. The van der Waals surface area contributed by atoms with Crippen LogP contribution in [0.2, 0.25) is 0 Å². The summed E-state index contributed by atoms with van der Waals surface area (Å²) in [6.45, 7) is 1.35. The predicted octanol–water partition coefficient (Wildman–Crippen LogP) is 2.85. The molecule has 0 atom stereocenters. The van der Waals surface area contributed by atoms with E-state index in [1.807, 2.05) is 0 Å². The molecule has 21 heavy (non-hydrogen) atoms. The molecule has 2 aromatic rings. The van der Waals surface area contributed by atoms with E-state index in [1.54, 1.807) is 0 Å². The average molecular weight is 355 g/mol. The topological polar surface area (TPSA) is 98.0 Å². The van der Waals surface area contributed by atoms with Crippen LogP contribution in [0.3, 0.4) is 0 Å². The lowest BCUT2D eigenvalue weighted by Crippen LogP contribution is -2.16. The third-order valence-electron chi connectivity index (χ3n) is 2.56. The predicted molar refractivity (Wildman–Crippen MR) is 75.5 cm³/mol. The largest absolute Gasteiger partial charge is 0.305 e. The molecular weight excluding hydrogens is 347 g/mol. The summed E-state index contributed by atoms with van der Waals surface area (Å²) in [5, 5.41) is 13.1. The Bertz CT molecular complexity index is 721. The number of anilines is 1. The summed E-state index contributed by atoms with van der Waals surface area (Å²) in [4.78, 5) is 29.8. The molecule has 0 aliphatic carbocycles. The van der Waals surface area contributed by atoms with Gasteiger partial charge in [-0.15, -0.1) is 0 Å². The van der Waals surface area contributed by atoms with E-state index in [1.165, 1.54) is 19.3 Å². The Morgan fingerprint density at radius 3 is 2.67 bits per heavy atom. The van der Waals surface area contributed by atoms with Gasteiger partial charge in [-0.05, 0) is 28.4 Å². The van der Waals surface area contributed by atoms with Gasteiger partial charge in [0.2, 0.25) is 0 Å². The third-order valence-corrected chi connectivity index (χ3v) is 2.97. The van der Waals surface area contributed by atoms with Gasteiger partial charge >= 0.3 is 0 Å². The molecule has 0 saturated carbocycles. The molecule has 1 aromatic carbocycles. The minimum Gasteiger partial charge on any atom is -0.305 e. The second kappa shape index (κ2) is 5.92. The van der Waals surface area contributed by atoms with E-state index < -0.39 is 22.2 Å². The van der Waals surface area contributed by atoms with Gasteiger partial charge < -0.3 is 5.32 Å². The molecule has 1 amide bonds. The summed E-state index contributed by atoms with van der Waals surface area (Å²) in [5.41, 5.74) is -0.774. The second-order valence-corrected chi connectivity index (χ2v) is 4.87. The molecule has 108 valence electrons. The van der Waals surface area contributed by atoms with Crippen molar-refractivity contribution in [1.29, 1.82) is 0 Å². The maximum atomic E-state index is 13.9. The number of carbonyl (C=O) groups is 1. The van der Waals surface area contributed by atoms with E-state index in [-0.39, 0.29) is 17.1 Å². The van der Waals surface area contributed by atoms with Crippen molar-refractivity contribution < 1.29 is 14.1 Å². The number of amides is 1. The van der Waals surface area contributed by atoms with Crippen LogP contribution >= 0.6 is 15.9 Å². The molecule has 9 heteroatoms. The van der Waals surface area contributed by atoms with Crippen LogP contribution < -0.4 is 5.32 Å². The maximum Gasteiger partial charge on any atom is 0.270 e. The zero-order chi connectivity index (χ0) is 15.6. The number of aryl methyl sites for hydroxylation is 1. The highest BCUT2D eigenvalue weighted by molar-refractivity contribution is 9.10. The number of benzene rings is 1. The highest BCUT2D eigenvalue weighted by Crippen LogP contribution is 2.21. The van der Waals surface area contributed by atoms with Gasteiger partial charge in [-0.2, -0.15) is 0 Å². The minimum atomic E-state index is -0.837. The molecule has 0 fully saturated rings. The fourth-order valence-electron chi connectivity index (χ4n) is 1.58. The smallest absolute Gasteiger partial charge is 0.270 e. The standard InChI is InChI=1S/C12H8BrFN4O3/c1-6-2-7(18(20)21)3-8(11(6)14)12(19)17-10-5-15-9(13)4-16-10/h2-5H,1H3,(H,16,17,19). The Hall–Kier alpha value is -2.42. The number of nitro benzene ring substituents is 1. The van der Waals surface area contributed by atoms with Crippen molar-refractivity contribution >= 4 is 33.3 Å². The third kappa shape index (κ3) is 3.37. The van der Waals surface area contributed by atoms with Crippen molar-refractivity contribution in [2.75, 3.05) is 5.32 Å². The van der Waals surface area contributed by atoms with Crippen LogP contribution in [-0.4, -0.2) is 20.8 Å². The first kappa shape index (κ1) is 15.0. The van der Waals surface area contributed by atoms with Crippen LogP contribution in [0.5, 0.6) is 0 Å². The van der Waals surface area contributed by atoms with E-state index in [9.17, 15) is 19.3 Å². The molecule has 1 N–H and O–H groups in total. The Kier molecular flexibility index (Phi) is 4.22. The SMILES string of the molecule is Cc1cc([N+](=O)[O-])cc(C(=O)Nc2cnc(Br)cn2)c1F. The number of hydrogen-bond acceptors (Lipinski definition) is 5. The van der Waals surface area contributed by atoms with Gasteiger partial charge in [0.25, 0.3) is 11.6 Å². The summed E-state index contributed by atoms with van der Waals surface area (Å²) in [6.07, 6.45) is 2.62. The molecule has 1 aromatic heterocycles. The zero-order valence-electron chi connectivity index (χ0n) is 10.6. The van der Waals surface area contributed by atoms with Gasteiger partial charge in [0.1, 0.15) is 10.4 Å². The van der Waals surface area contributed by atoms with Crippen LogP contribution in [0, 0.1) is 22.9 Å². The van der Waals surface area contributed by atoms with Crippen LogP contribution in [-0.2, 0) is 0 Å². The number of rotatable bonds is 3. The van der Waals surface area contributed by atoms with Gasteiger partial charge in [-0.25, -0.2) is 14.4 Å². The summed E-state index contributed by atoms with van der Waals surface area (Å²) in [5.74, 6) is -1.55. The lowest BCUT2D eigenvalue weighted by Gasteiger charge is -2.07. The highest BCUT2D eigenvalue weighted by Gasteiger charge is 2.20. The first-order chi connectivity index (χ1) is 9.88. The van der Waals surface area contributed by atoms with Crippen LogP contribution in [0.15, 0.2) is 29.1 Å². The number of halogens is 2. The molecule has 0 saturated heterocycles. The van der Waals surface area contributed by atoms with Crippen molar-refractivity contribution in [3.05, 3.63) is 56.2 Å². The summed E-state index contributed by atoms with van der Waals surface area (Å²) >= 11 is 3.08. The van der Waals surface area contributed by atoms with Crippen LogP contribution in [0.25, 0.3) is 0 Å². The molecular formula is C12H8BrFN4O3. The number of hydrogen-bond donors (Lipinski definition) is 1. The highest BCUT2D eigenvalue weighted by atomic mass is 79.9. The van der Waals surface area contributed by atoms with Gasteiger partial charge in [0.15, 0.2) is 5.82 Å². The number of aromatic nitrogens is 2. The molecule has 0 aliphatic rings. The van der Waals surface area contributed by atoms with E-state index >= 15 is 0 Å². The summed E-state index contributed by atoms with van der Waals surface area (Å²) in [7, 11) is 0. The second-order valence-electron chi connectivity index (χ2n) is 4.06. The number of carbonyl (C=O) groups excluding carboxylic acids is 1. The zero-order valence-corrected chi connectivity index (χ0v) is 12.2. The summed E-state index contributed by atoms with van der Waals surface area (Å²) < 4.78 is 14.4. The first-order valence-electron chi connectivity index (χ1n) is 5.62. The Morgan fingerprint density at radius 2 is 2.10 bits per heavy atom. The molecule has 0 unspecified atom stereocenters. The quantitative estimate of drug-likeness (QED) is 0.674. The van der Waals surface area contributed by atoms with E-state index in [0.717, 1.165) is 12.1 Å². The fourth-order valence-corrected chi connectivity index (χ4v) is 1.79. The van der Waals surface area contributed by atoms with Crippen molar-refractivity contribution in [1.82, 2.24) is 9.97 Å². The Labute approximate surface area is 126 Å². The van der Waals surface area contributed by atoms with Crippen molar-refractivity contribution in [3.63, 3.8) is 0 Å². The van der Waals surface area contributed by atoms with Gasteiger partial charge in [0.05, 0.1) is 22.9 Å². The Balaban J connectivity index is 2.34. The normalized spacial score (nSPS) is 10.2. The number of nitrogens with one attached hydrogen (secondary N) is 1. The average Bonchev–Trinajstić information content (AvgIpc) is 2.43. The number of nitro groups is 1. The molecule has 2 rings (SSSR count). The van der Waals surface area contributed by atoms with Gasteiger partial charge in [-0.1, -0.05) is 0 Å². The lowest BCUT2D eigenvalue weighted by molar-refractivity contribution is -0.385. The van der Waals surface area contributed by atoms with Crippen molar-refractivity contribution in [2.45, 2.75) is 6.92 Å². The van der Waals surface area contributed by atoms with Crippen molar-refractivity contribution in [3.8, 4) is 0 Å². The van der Waals surface area contributed by atoms with Gasteiger partial charge in [0, 0.05) is 12.1 Å². The van der Waals surface area contributed by atoms with Crippen LogP contribution in [0.4, 0.5) is 15.9 Å². The first-order valence-corrected chi connectivity index (χ1v) is 6.41. The van der Waals surface area contributed by atoms with Gasteiger partial charge in [-0.3, -0.25) is 14.9 Å². The molecule has 0 radical (unpaired) electrons.